The van der Waals surface area contributed by atoms with E-state index in [1.807, 2.05) is 0 Å². The maximum Gasteiger partial charge on any atom is 0.302 e. The molecule has 0 radical (unpaired) electrons. The van der Waals surface area contributed by atoms with Gasteiger partial charge in [-0.05, 0) is 6.42 Å². The number of esters is 1. The van der Waals surface area contributed by atoms with Gasteiger partial charge >= 0.3 is 5.97 Å². The van der Waals surface area contributed by atoms with Gasteiger partial charge in [0, 0.05) is 19.8 Å². The second kappa shape index (κ2) is 8.51. The number of unbranched alkanes of at least 4 members (excludes halogenated alkanes) is 4. The Bertz CT molecular complexity index is 216. The molecule has 0 aromatic rings. The molecule has 0 aromatic heterocycles. The van der Waals surface area contributed by atoms with Crippen molar-refractivity contribution in [2.24, 2.45) is 0 Å². The molecule has 3 heteroatoms. The molecule has 0 saturated carbocycles. The molecule has 1 aliphatic rings. The van der Waals surface area contributed by atoms with Crippen molar-refractivity contribution in [3.63, 3.8) is 0 Å². The summed E-state index contributed by atoms with van der Waals surface area (Å²) in [6.07, 6.45) is 9.72. The minimum Gasteiger partial charge on any atom is -0.462 e. The molecule has 1 aliphatic heterocycles. The Morgan fingerprint density at radius 3 is 2.76 bits per heavy atom. The van der Waals surface area contributed by atoms with Crippen molar-refractivity contribution in [3.8, 4) is 0 Å². The van der Waals surface area contributed by atoms with Crippen molar-refractivity contribution in [1.29, 1.82) is 0 Å². The van der Waals surface area contributed by atoms with Crippen molar-refractivity contribution >= 4 is 5.97 Å². The van der Waals surface area contributed by atoms with Gasteiger partial charge in [0.15, 0.2) is 0 Å². The van der Waals surface area contributed by atoms with Gasteiger partial charge < -0.3 is 9.47 Å². The zero-order valence-corrected chi connectivity index (χ0v) is 11.2. The summed E-state index contributed by atoms with van der Waals surface area (Å²) in [6.45, 7) is 4.45. The van der Waals surface area contributed by atoms with Crippen molar-refractivity contribution in [3.05, 3.63) is 0 Å². The van der Waals surface area contributed by atoms with Gasteiger partial charge in [-0.3, -0.25) is 4.79 Å². The van der Waals surface area contributed by atoms with Crippen LogP contribution in [0.5, 0.6) is 0 Å². The highest BCUT2D eigenvalue weighted by atomic mass is 16.6. The Labute approximate surface area is 105 Å². The molecule has 100 valence electrons. The van der Waals surface area contributed by atoms with Crippen LogP contribution >= 0.6 is 0 Å². The van der Waals surface area contributed by atoms with E-state index in [0.717, 1.165) is 25.9 Å². The monoisotopic (exact) mass is 242 g/mol. The highest BCUT2D eigenvalue weighted by Gasteiger charge is 2.24. The second-order valence-corrected chi connectivity index (χ2v) is 4.95. The maximum absolute atomic E-state index is 10.9. The third-order valence-electron chi connectivity index (χ3n) is 3.28. The van der Waals surface area contributed by atoms with Gasteiger partial charge in [-0.1, -0.05) is 39.0 Å². The minimum atomic E-state index is -0.168. The summed E-state index contributed by atoms with van der Waals surface area (Å²) in [5.74, 6) is -0.168. The lowest BCUT2D eigenvalue weighted by atomic mass is 10.00. The van der Waals surface area contributed by atoms with Gasteiger partial charge in [-0.25, -0.2) is 0 Å². The van der Waals surface area contributed by atoms with Gasteiger partial charge in [-0.2, -0.15) is 0 Å². The van der Waals surface area contributed by atoms with Crippen LogP contribution in [0.1, 0.15) is 65.2 Å². The zero-order valence-electron chi connectivity index (χ0n) is 11.2. The van der Waals surface area contributed by atoms with Gasteiger partial charge in [0.1, 0.15) is 6.10 Å². The van der Waals surface area contributed by atoms with Crippen LogP contribution in [0.15, 0.2) is 0 Å². The molecule has 0 aromatic carbocycles. The van der Waals surface area contributed by atoms with E-state index in [-0.39, 0.29) is 12.1 Å². The molecule has 1 saturated heterocycles. The minimum absolute atomic E-state index is 0.0851. The first kappa shape index (κ1) is 14.5. The second-order valence-electron chi connectivity index (χ2n) is 4.95. The van der Waals surface area contributed by atoms with Gasteiger partial charge in [0.25, 0.3) is 0 Å². The Hall–Kier alpha value is -0.570. The molecule has 3 nitrogen and oxygen atoms in total. The number of hydrogen-bond donors (Lipinski definition) is 0. The quantitative estimate of drug-likeness (QED) is 0.506. The molecular weight excluding hydrogens is 216 g/mol. The van der Waals surface area contributed by atoms with Gasteiger partial charge in [-0.15, -0.1) is 0 Å². The van der Waals surface area contributed by atoms with Crippen LogP contribution in [-0.2, 0) is 14.3 Å². The first-order valence-corrected chi connectivity index (χ1v) is 7.01. The predicted octanol–water partition coefficient (Wildman–Crippen LogP) is 3.46. The summed E-state index contributed by atoms with van der Waals surface area (Å²) in [5.41, 5.74) is 0. The average molecular weight is 242 g/mol. The number of ether oxygens (including phenoxy) is 2. The predicted molar refractivity (Wildman–Crippen MR) is 67.9 cm³/mol. The molecule has 0 aliphatic carbocycles. The fraction of sp³-hybridized carbons (Fsp3) is 0.929. The van der Waals surface area contributed by atoms with Crippen LogP contribution < -0.4 is 0 Å². The van der Waals surface area contributed by atoms with E-state index in [2.05, 4.69) is 6.92 Å². The molecule has 0 spiro atoms. The van der Waals surface area contributed by atoms with Crippen molar-refractivity contribution in [2.75, 3.05) is 6.61 Å². The SMILES string of the molecule is CCCCCCC[C@H]1C[C@H](OC(C)=O)CCO1. The summed E-state index contributed by atoms with van der Waals surface area (Å²) in [4.78, 5) is 10.9. The van der Waals surface area contributed by atoms with E-state index < -0.39 is 0 Å². The maximum atomic E-state index is 10.9. The van der Waals surface area contributed by atoms with Crippen molar-refractivity contribution < 1.29 is 14.3 Å². The lowest BCUT2D eigenvalue weighted by Gasteiger charge is -2.29. The standard InChI is InChI=1S/C14H26O3/c1-3-4-5-6-7-8-13-11-14(9-10-16-13)17-12(2)15/h13-14H,3-11H2,1-2H3/t13-,14+/m0/s1. The van der Waals surface area contributed by atoms with Crippen LogP contribution in [0.25, 0.3) is 0 Å². The van der Waals surface area contributed by atoms with E-state index in [1.165, 1.54) is 39.0 Å². The van der Waals surface area contributed by atoms with Crippen LogP contribution in [0.3, 0.4) is 0 Å². The third-order valence-corrected chi connectivity index (χ3v) is 3.28. The molecule has 2 atom stereocenters. The molecular formula is C14H26O3. The van der Waals surface area contributed by atoms with E-state index in [9.17, 15) is 4.79 Å². The molecule has 0 unspecified atom stereocenters. The van der Waals surface area contributed by atoms with Crippen LogP contribution in [-0.4, -0.2) is 24.8 Å². The van der Waals surface area contributed by atoms with Crippen LogP contribution in [0.4, 0.5) is 0 Å². The fourth-order valence-corrected chi connectivity index (χ4v) is 2.36. The number of rotatable bonds is 7. The number of hydrogen-bond acceptors (Lipinski definition) is 3. The largest absolute Gasteiger partial charge is 0.462 e. The Morgan fingerprint density at radius 1 is 1.29 bits per heavy atom. The summed E-state index contributed by atoms with van der Waals surface area (Å²) in [6, 6.07) is 0. The Balaban J connectivity index is 2.09. The lowest BCUT2D eigenvalue weighted by molar-refractivity contribution is -0.153. The third kappa shape index (κ3) is 6.67. The van der Waals surface area contributed by atoms with Gasteiger partial charge in [0.05, 0.1) is 12.7 Å². The number of carbonyl (C=O) groups is 1. The lowest BCUT2D eigenvalue weighted by Crippen LogP contribution is -2.31. The fourth-order valence-electron chi connectivity index (χ4n) is 2.36. The van der Waals surface area contributed by atoms with E-state index in [4.69, 9.17) is 9.47 Å². The smallest absolute Gasteiger partial charge is 0.302 e. The number of carbonyl (C=O) groups excluding carboxylic acids is 1. The van der Waals surface area contributed by atoms with Crippen LogP contribution in [0, 0.1) is 0 Å². The summed E-state index contributed by atoms with van der Waals surface area (Å²) >= 11 is 0. The Kier molecular flexibility index (Phi) is 7.25. The highest BCUT2D eigenvalue weighted by molar-refractivity contribution is 5.66. The summed E-state index contributed by atoms with van der Waals surface area (Å²) in [5, 5.41) is 0. The first-order chi connectivity index (χ1) is 8.22. The van der Waals surface area contributed by atoms with Gasteiger partial charge in [0.2, 0.25) is 0 Å². The molecule has 17 heavy (non-hydrogen) atoms. The summed E-state index contributed by atoms with van der Waals surface area (Å²) < 4.78 is 11.0. The van der Waals surface area contributed by atoms with E-state index in [1.54, 1.807) is 0 Å². The molecule has 1 heterocycles. The molecule has 0 bridgehead atoms. The van der Waals surface area contributed by atoms with Crippen LogP contribution in [0.2, 0.25) is 0 Å². The zero-order chi connectivity index (χ0) is 12.5. The molecule has 0 N–H and O–H groups in total. The molecule has 1 fully saturated rings. The molecule has 0 amide bonds. The molecule has 1 rings (SSSR count). The summed E-state index contributed by atoms with van der Waals surface area (Å²) in [7, 11) is 0. The van der Waals surface area contributed by atoms with Crippen molar-refractivity contribution in [1.82, 2.24) is 0 Å². The van der Waals surface area contributed by atoms with E-state index >= 15 is 0 Å². The Morgan fingerprint density at radius 2 is 2.06 bits per heavy atom. The first-order valence-electron chi connectivity index (χ1n) is 7.01. The highest BCUT2D eigenvalue weighted by Crippen LogP contribution is 2.21. The van der Waals surface area contributed by atoms with Crippen molar-refractivity contribution in [2.45, 2.75) is 77.4 Å². The van der Waals surface area contributed by atoms with E-state index in [0.29, 0.717) is 6.10 Å². The normalized spacial score (nSPS) is 24.6. The topological polar surface area (TPSA) is 35.5 Å². The average Bonchev–Trinajstić information content (AvgIpc) is 2.28.